The summed E-state index contributed by atoms with van der Waals surface area (Å²) < 4.78 is 177. The highest BCUT2D eigenvalue weighted by Gasteiger charge is 2.50. The molecular weight excluding hydrogens is 660 g/mol. The van der Waals surface area contributed by atoms with Gasteiger partial charge in [-0.3, -0.25) is 0 Å². The third-order valence-corrected chi connectivity index (χ3v) is 7.83. The SMILES string of the molecule is CCCCC1CCC(c2ccc(C(F)(F)Oc3ccc(C(F)(F)Oc4cc(F)c(C(F)(F)OC(F)(F)F)c(F)c4)c(F)c3)cc2)CC1. The Kier molecular flexibility index (Phi) is 10.7. The van der Waals surface area contributed by atoms with Gasteiger partial charge >= 0.3 is 24.7 Å². The molecule has 1 aliphatic rings. The van der Waals surface area contributed by atoms with Crippen molar-refractivity contribution in [1.29, 1.82) is 0 Å². The fourth-order valence-corrected chi connectivity index (χ4v) is 5.52. The molecule has 1 aliphatic carbocycles. The van der Waals surface area contributed by atoms with Crippen LogP contribution in [0.3, 0.4) is 0 Å². The van der Waals surface area contributed by atoms with Crippen LogP contribution in [0.1, 0.15) is 80.0 Å². The van der Waals surface area contributed by atoms with Gasteiger partial charge in [-0.2, -0.15) is 26.3 Å². The monoisotopic (exact) mass is 688 g/mol. The fraction of sp³-hybridized carbons (Fsp3) is 0.438. The Morgan fingerprint density at radius 3 is 1.72 bits per heavy atom. The second-order valence-electron chi connectivity index (χ2n) is 11.2. The molecule has 0 aromatic heterocycles. The van der Waals surface area contributed by atoms with Gasteiger partial charge in [-0.15, -0.1) is 13.2 Å². The molecule has 0 heterocycles. The maximum absolute atomic E-state index is 14.9. The maximum Gasteiger partial charge on any atom is 0.527 e. The smallest absolute Gasteiger partial charge is 0.429 e. The number of ether oxygens (including phenoxy) is 3. The molecule has 1 saturated carbocycles. The number of rotatable bonds is 12. The zero-order chi connectivity index (χ0) is 34.8. The van der Waals surface area contributed by atoms with E-state index in [4.69, 9.17) is 0 Å². The van der Waals surface area contributed by atoms with E-state index in [2.05, 4.69) is 21.1 Å². The van der Waals surface area contributed by atoms with Crippen molar-refractivity contribution in [2.45, 2.75) is 82.5 Å². The molecule has 0 N–H and O–H groups in total. The molecule has 0 amide bonds. The molecule has 0 aliphatic heterocycles. The van der Waals surface area contributed by atoms with E-state index in [0.29, 0.717) is 12.0 Å². The molecule has 0 radical (unpaired) electrons. The van der Waals surface area contributed by atoms with E-state index >= 15 is 0 Å². The van der Waals surface area contributed by atoms with Crippen LogP contribution in [0, 0.1) is 23.4 Å². The molecule has 3 aromatic carbocycles. The number of halogens is 12. The lowest BCUT2D eigenvalue weighted by Crippen LogP contribution is -2.30. The first-order valence-electron chi connectivity index (χ1n) is 14.5. The summed E-state index contributed by atoms with van der Waals surface area (Å²) in [4.78, 5) is 0. The zero-order valence-corrected chi connectivity index (χ0v) is 24.6. The van der Waals surface area contributed by atoms with Gasteiger partial charge in [-0.05, 0) is 67.3 Å². The van der Waals surface area contributed by atoms with Crippen LogP contribution < -0.4 is 9.47 Å². The van der Waals surface area contributed by atoms with Crippen LogP contribution in [0.2, 0.25) is 0 Å². The average Bonchev–Trinajstić information content (AvgIpc) is 2.94. The minimum Gasteiger partial charge on any atom is -0.429 e. The minimum absolute atomic E-state index is 0.172. The molecule has 15 heteroatoms. The third-order valence-electron chi connectivity index (χ3n) is 7.83. The Hall–Kier alpha value is -3.62. The number of unbranched alkanes of at least 4 members (excludes halogenated alkanes) is 1. The Morgan fingerprint density at radius 1 is 0.638 bits per heavy atom. The molecule has 0 spiro atoms. The Morgan fingerprint density at radius 2 is 1.19 bits per heavy atom. The second-order valence-corrected chi connectivity index (χ2v) is 11.2. The van der Waals surface area contributed by atoms with Gasteiger partial charge in [0.2, 0.25) is 0 Å². The summed E-state index contributed by atoms with van der Waals surface area (Å²) in [5.41, 5.74) is -3.90. The van der Waals surface area contributed by atoms with Crippen LogP contribution in [-0.2, 0) is 23.1 Å². The molecule has 258 valence electrons. The Bertz CT molecular complexity index is 1490. The highest BCUT2D eigenvalue weighted by atomic mass is 19.4. The summed E-state index contributed by atoms with van der Waals surface area (Å²) >= 11 is 0. The fourth-order valence-electron chi connectivity index (χ4n) is 5.52. The van der Waals surface area contributed by atoms with Crippen molar-refractivity contribution in [2.24, 2.45) is 5.92 Å². The van der Waals surface area contributed by atoms with E-state index in [1.807, 2.05) is 0 Å². The topological polar surface area (TPSA) is 27.7 Å². The first kappa shape index (κ1) is 36.2. The van der Waals surface area contributed by atoms with E-state index in [1.54, 1.807) is 12.1 Å². The van der Waals surface area contributed by atoms with Crippen molar-refractivity contribution in [3.8, 4) is 11.5 Å². The van der Waals surface area contributed by atoms with Crippen LogP contribution in [0.15, 0.2) is 54.6 Å². The standard InChI is InChI=1S/C32H28F12O3/c1-2-3-4-18-5-7-19(8-6-18)20-9-11-21(12-10-20)29(36,37)45-22-13-14-24(25(33)15-22)30(38,39)46-23-16-26(34)28(27(35)17-23)31(40,41)47-32(42,43)44/h9-19H,2-8H2,1H3. The van der Waals surface area contributed by atoms with E-state index in [-0.39, 0.29) is 30.2 Å². The predicted octanol–water partition coefficient (Wildman–Crippen LogP) is 11.4. The van der Waals surface area contributed by atoms with Crippen LogP contribution in [0.4, 0.5) is 52.7 Å². The Balaban J connectivity index is 1.43. The lowest BCUT2D eigenvalue weighted by molar-refractivity contribution is -0.432. The van der Waals surface area contributed by atoms with Crippen molar-refractivity contribution >= 4 is 0 Å². The van der Waals surface area contributed by atoms with E-state index in [1.165, 1.54) is 12.8 Å². The van der Waals surface area contributed by atoms with Crippen LogP contribution in [-0.4, -0.2) is 6.36 Å². The van der Waals surface area contributed by atoms with Crippen molar-refractivity contribution in [1.82, 2.24) is 0 Å². The summed E-state index contributed by atoms with van der Waals surface area (Å²) in [6.07, 6.45) is -13.0. The van der Waals surface area contributed by atoms with E-state index in [9.17, 15) is 52.7 Å². The summed E-state index contributed by atoms with van der Waals surface area (Å²) in [6.45, 7) is 2.13. The minimum atomic E-state index is -6.03. The molecule has 0 unspecified atom stereocenters. The van der Waals surface area contributed by atoms with Crippen molar-refractivity contribution in [3.05, 3.63) is 94.3 Å². The quantitative estimate of drug-likeness (QED) is 0.177. The summed E-state index contributed by atoms with van der Waals surface area (Å²) in [5, 5.41) is 0. The molecule has 0 saturated heterocycles. The molecule has 1 fully saturated rings. The highest BCUT2D eigenvalue weighted by molar-refractivity contribution is 5.36. The molecule has 3 nitrogen and oxygen atoms in total. The molecule has 47 heavy (non-hydrogen) atoms. The normalized spacial score (nSPS) is 17.9. The number of benzene rings is 3. The van der Waals surface area contributed by atoms with Gasteiger partial charge in [-0.1, -0.05) is 38.3 Å². The molecule has 0 atom stereocenters. The van der Waals surface area contributed by atoms with Gasteiger partial charge in [0.1, 0.15) is 40.1 Å². The van der Waals surface area contributed by atoms with E-state index < -0.39 is 70.3 Å². The number of hydrogen-bond acceptors (Lipinski definition) is 3. The summed E-state index contributed by atoms with van der Waals surface area (Å²) in [6, 6.07) is 5.77. The zero-order valence-electron chi connectivity index (χ0n) is 24.6. The summed E-state index contributed by atoms with van der Waals surface area (Å²) in [7, 11) is 0. The number of alkyl halides is 9. The van der Waals surface area contributed by atoms with Gasteiger partial charge in [0.25, 0.3) is 0 Å². The van der Waals surface area contributed by atoms with Crippen LogP contribution in [0.5, 0.6) is 11.5 Å². The van der Waals surface area contributed by atoms with Crippen molar-refractivity contribution in [2.75, 3.05) is 0 Å². The average molecular weight is 689 g/mol. The molecule has 4 rings (SSSR count). The third kappa shape index (κ3) is 9.05. The Labute approximate surface area is 261 Å². The van der Waals surface area contributed by atoms with Gasteiger partial charge in [0, 0.05) is 18.2 Å². The largest absolute Gasteiger partial charge is 0.527 e. The lowest BCUT2D eigenvalue weighted by atomic mass is 9.77. The number of hydrogen-bond donors (Lipinski definition) is 0. The lowest BCUT2D eigenvalue weighted by Gasteiger charge is -2.29. The predicted molar refractivity (Wildman–Crippen MR) is 144 cm³/mol. The highest BCUT2D eigenvalue weighted by Crippen LogP contribution is 2.43. The summed E-state index contributed by atoms with van der Waals surface area (Å²) in [5.74, 6) is -8.32. The van der Waals surface area contributed by atoms with Crippen LogP contribution >= 0.6 is 0 Å². The first-order valence-corrected chi connectivity index (χ1v) is 14.5. The first-order chi connectivity index (χ1) is 21.8. The molecular formula is C32H28F12O3. The molecule has 3 aromatic rings. The van der Waals surface area contributed by atoms with Crippen LogP contribution in [0.25, 0.3) is 0 Å². The molecule has 0 bridgehead atoms. The van der Waals surface area contributed by atoms with Crippen molar-refractivity contribution in [3.63, 3.8) is 0 Å². The van der Waals surface area contributed by atoms with Crippen molar-refractivity contribution < 1.29 is 66.9 Å². The second kappa shape index (κ2) is 13.9. The van der Waals surface area contributed by atoms with Gasteiger partial charge in [0.15, 0.2) is 0 Å². The van der Waals surface area contributed by atoms with Gasteiger partial charge < -0.3 is 9.47 Å². The van der Waals surface area contributed by atoms with E-state index in [0.717, 1.165) is 49.8 Å². The van der Waals surface area contributed by atoms with Gasteiger partial charge in [0.05, 0.1) is 5.56 Å². The maximum atomic E-state index is 14.9. The van der Waals surface area contributed by atoms with Gasteiger partial charge in [-0.25, -0.2) is 17.9 Å².